The maximum absolute atomic E-state index is 11.6. The van der Waals surface area contributed by atoms with E-state index >= 15 is 0 Å². The zero-order chi connectivity index (χ0) is 13.2. The Morgan fingerprint density at radius 2 is 2.39 bits per heavy atom. The molecule has 2 heterocycles. The van der Waals surface area contributed by atoms with E-state index in [1.54, 1.807) is 6.26 Å². The van der Waals surface area contributed by atoms with Crippen LogP contribution in [-0.2, 0) is 9.84 Å². The highest BCUT2D eigenvalue weighted by atomic mass is 79.9. The summed E-state index contributed by atoms with van der Waals surface area (Å²) in [5.74, 6) is 1.46. The van der Waals surface area contributed by atoms with E-state index in [0.29, 0.717) is 12.2 Å². The first-order valence-corrected chi connectivity index (χ1v) is 8.81. The molecule has 1 aliphatic rings. The lowest BCUT2D eigenvalue weighted by molar-refractivity contribution is 0.328. The van der Waals surface area contributed by atoms with Crippen molar-refractivity contribution >= 4 is 25.8 Å². The average Bonchev–Trinajstić information content (AvgIpc) is 2.87. The molecule has 2 atom stereocenters. The van der Waals surface area contributed by atoms with Gasteiger partial charge in [0.15, 0.2) is 9.84 Å². The van der Waals surface area contributed by atoms with E-state index in [9.17, 15) is 8.42 Å². The summed E-state index contributed by atoms with van der Waals surface area (Å²) in [6.45, 7) is 2.95. The van der Waals surface area contributed by atoms with E-state index < -0.39 is 9.84 Å². The van der Waals surface area contributed by atoms with E-state index in [4.69, 9.17) is 4.42 Å². The number of hydrogen-bond acceptors (Lipinski definition) is 4. The second-order valence-electron chi connectivity index (χ2n) is 4.73. The van der Waals surface area contributed by atoms with Crippen molar-refractivity contribution in [1.82, 2.24) is 5.32 Å². The molecular weight excluding hydrogens is 318 g/mol. The third-order valence-corrected chi connectivity index (χ3v) is 5.73. The highest BCUT2D eigenvalue weighted by Crippen LogP contribution is 2.35. The van der Waals surface area contributed by atoms with Crippen LogP contribution in [0.1, 0.15) is 31.6 Å². The van der Waals surface area contributed by atoms with E-state index in [1.807, 2.05) is 6.07 Å². The van der Waals surface area contributed by atoms with Crippen LogP contribution in [0.25, 0.3) is 0 Å². The molecule has 1 saturated heterocycles. The molecule has 1 aromatic rings. The molecule has 18 heavy (non-hydrogen) atoms. The molecule has 0 aromatic carbocycles. The lowest BCUT2D eigenvalue weighted by Gasteiger charge is -2.22. The Morgan fingerprint density at radius 1 is 1.61 bits per heavy atom. The molecule has 1 fully saturated rings. The van der Waals surface area contributed by atoms with Crippen LogP contribution in [0, 0.1) is 5.92 Å². The fourth-order valence-electron chi connectivity index (χ4n) is 2.39. The van der Waals surface area contributed by atoms with Crippen LogP contribution in [-0.4, -0.2) is 26.5 Å². The molecule has 1 aromatic heterocycles. The first-order chi connectivity index (χ1) is 8.53. The fraction of sp³-hybridized carbons (Fsp3) is 0.667. The Hall–Kier alpha value is -0.330. The number of nitrogens with one attached hydrogen (secondary N) is 1. The molecule has 0 radical (unpaired) electrons. The molecule has 1 aliphatic heterocycles. The molecule has 0 amide bonds. The van der Waals surface area contributed by atoms with Gasteiger partial charge < -0.3 is 9.73 Å². The first kappa shape index (κ1) is 14.1. The van der Waals surface area contributed by atoms with Gasteiger partial charge in [0.1, 0.15) is 5.76 Å². The molecule has 2 unspecified atom stereocenters. The molecule has 0 bridgehead atoms. The molecule has 1 N–H and O–H groups in total. The van der Waals surface area contributed by atoms with Crippen molar-refractivity contribution < 1.29 is 12.8 Å². The van der Waals surface area contributed by atoms with Crippen molar-refractivity contribution in [3.63, 3.8) is 0 Å². The molecule has 6 heteroatoms. The van der Waals surface area contributed by atoms with Crippen molar-refractivity contribution in [2.24, 2.45) is 5.92 Å². The topological polar surface area (TPSA) is 59.3 Å². The summed E-state index contributed by atoms with van der Waals surface area (Å²) in [7, 11) is -2.87. The third-order valence-electron chi connectivity index (χ3n) is 3.28. The molecule has 2 rings (SSSR count). The largest absolute Gasteiger partial charge is 0.466 e. The average molecular weight is 336 g/mol. The number of furan rings is 1. The summed E-state index contributed by atoms with van der Waals surface area (Å²) >= 11 is 3.45. The summed E-state index contributed by atoms with van der Waals surface area (Å²) in [6.07, 6.45) is 3.34. The molecule has 102 valence electrons. The molecule has 4 nitrogen and oxygen atoms in total. The summed E-state index contributed by atoms with van der Waals surface area (Å²) < 4.78 is 29.6. The Morgan fingerprint density at radius 3 is 2.89 bits per heavy atom. The predicted molar refractivity (Wildman–Crippen MR) is 74.2 cm³/mol. The van der Waals surface area contributed by atoms with Gasteiger partial charge in [0.2, 0.25) is 0 Å². The fourth-order valence-corrected chi connectivity index (χ4v) is 4.68. The lowest BCUT2D eigenvalue weighted by Crippen LogP contribution is -2.29. The zero-order valence-electron chi connectivity index (χ0n) is 10.4. The van der Waals surface area contributed by atoms with Crippen molar-refractivity contribution in [3.8, 4) is 0 Å². The Labute approximate surface area is 116 Å². The minimum Gasteiger partial charge on any atom is -0.466 e. The van der Waals surface area contributed by atoms with Crippen LogP contribution in [0.2, 0.25) is 0 Å². The van der Waals surface area contributed by atoms with Crippen LogP contribution >= 0.6 is 15.9 Å². The smallest absolute Gasteiger partial charge is 0.150 e. The standard InChI is InChI=1S/C12H18BrNO3S/c1-2-5-14-11(12-10(13)3-6-17-12)9-4-7-18(15,16)8-9/h3,6,9,11,14H,2,4-5,7-8H2,1H3. The minimum atomic E-state index is -2.87. The van der Waals surface area contributed by atoms with Crippen molar-refractivity contribution in [2.75, 3.05) is 18.1 Å². The first-order valence-electron chi connectivity index (χ1n) is 6.20. The van der Waals surface area contributed by atoms with Gasteiger partial charge in [-0.25, -0.2) is 8.42 Å². The third kappa shape index (κ3) is 3.16. The monoisotopic (exact) mass is 335 g/mol. The van der Waals surface area contributed by atoms with Crippen molar-refractivity contribution in [2.45, 2.75) is 25.8 Å². The summed E-state index contributed by atoms with van der Waals surface area (Å²) in [6, 6.07) is 1.82. The highest BCUT2D eigenvalue weighted by molar-refractivity contribution is 9.10. The van der Waals surface area contributed by atoms with Crippen LogP contribution in [0.4, 0.5) is 0 Å². The normalized spacial score (nSPS) is 24.2. The maximum atomic E-state index is 11.6. The number of sulfone groups is 1. The van der Waals surface area contributed by atoms with Gasteiger partial charge >= 0.3 is 0 Å². The summed E-state index contributed by atoms with van der Waals surface area (Å²) in [4.78, 5) is 0. The molecule has 0 saturated carbocycles. The van der Waals surface area contributed by atoms with Gasteiger partial charge in [-0.1, -0.05) is 6.92 Å². The Kier molecular flexibility index (Phi) is 4.50. The molecular formula is C12H18BrNO3S. The lowest BCUT2D eigenvalue weighted by atomic mass is 9.97. The summed E-state index contributed by atoms with van der Waals surface area (Å²) in [5.41, 5.74) is 0. The van der Waals surface area contributed by atoms with Crippen molar-refractivity contribution in [3.05, 3.63) is 22.6 Å². The number of halogens is 1. The predicted octanol–water partition coefficient (Wildman–Crippen LogP) is 2.52. The van der Waals surface area contributed by atoms with E-state index in [0.717, 1.165) is 23.2 Å². The Balaban J connectivity index is 2.18. The van der Waals surface area contributed by atoms with Gasteiger partial charge in [0.05, 0.1) is 28.3 Å². The minimum absolute atomic E-state index is 0.0217. The van der Waals surface area contributed by atoms with Gasteiger partial charge in [0, 0.05) is 0 Å². The van der Waals surface area contributed by atoms with Gasteiger partial charge in [-0.2, -0.15) is 0 Å². The van der Waals surface area contributed by atoms with Gasteiger partial charge in [-0.15, -0.1) is 0 Å². The van der Waals surface area contributed by atoms with Gasteiger partial charge in [-0.05, 0) is 47.3 Å². The van der Waals surface area contributed by atoms with Crippen LogP contribution in [0.5, 0.6) is 0 Å². The van der Waals surface area contributed by atoms with E-state index in [2.05, 4.69) is 28.2 Å². The highest BCUT2D eigenvalue weighted by Gasteiger charge is 2.36. The number of rotatable bonds is 5. The quantitative estimate of drug-likeness (QED) is 0.898. The molecule has 0 aliphatic carbocycles. The number of hydrogen-bond donors (Lipinski definition) is 1. The van der Waals surface area contributed by atoms with Crippen LogP contribution in [0.15, 0.2) is 21.2 Å². The zero-order valence-corrected chi connectivity index (χ0v) is 12.8. The second kappa shape index (κ2) is 5.75. The van der Waals surface area contributed by atoms with E-state index in [1.165, 1.54) is 0 Å². The SMILES string of the molecule is CCCNC(c1occc1Br)C1CCS(=O)(=O)C1. The van der Waals surface area contributed by atoms with Gasteiger partial charge in [-0.3, -0.25) is 0 Å². The Bertz CT molecular complexity index is 497. The van der Waals surface area contributed by atoms with Crippen LogP contribution < -0.4 is 5.32 Å². The molecule has 0 spiro atoms. The van der Waals surface area contributed by atoms with E-state index in [-0.39, 0.29) is 17.7 Å². The van der Waals surface area contributed by atoms with Crippen LogP contribution in [0.3, 0.4) is 0 Å². The van der Waals surface area contributed by atoms with Gasteiger partial charge in [0.25, 0.3) is 0 Å². The second-order valence-corrected chi connectivity index (χ2v) is 7.81. The maximum Gasteiger partial charge on any atom is 0.150 e. The van der Waals surface area contributed by atoms with Crippen molar-refractivity contribution in [1.29, 1.82) is 0 Å². The summed E-state index contributed by atoms with van der Waals surface area (Å²) in [5, 5.41) is 3.40.